The van der Waals surface area contributed by atoms with Crippen LogP contribution in [0.1, 0.15) is 61.4 Å². The van der Waals surface area contributed by atoms with Gasteiger partial charge in [-0.25, -0.2) is 17.9 Å². The molecule has 0 bridgehead atoms. The molecule has 2 aromatic rings. The predicted octanol–water partition coefficient (Wildman–Crippen LogP) is 4.60. The Morgan fingerprint density at radius 3 is 2.35 bits per heavy atom. The number of rotatable bonds is 11. The van der Waals surface area contributed by atoms with E-state index >= 15 is 0 Å². The van der Waals surface area contributed by atoms with Crippen molar-refractivity contribution in [2.45, 2.75) is 57.3 Å². The summed E-state index contributed by atoms with van der Waals surface area (Å²) < 4.78 is 26.7. The third kappa shape index (κ3) is 8.41. The van der Waals surface area contributed by atoms with Gasteiger partial charge in [-0.1, -0.05) is 57.2 Å². The van der Waals surface area contributed by atoms with Crippen molar-refractivity contribution < 1.29 is 18.0 Å². The van der Waals surface area contributed by atoms with E-state index in [0.29, 0.717) is 17.8 Å². The third-order valence-corrected chi connectivity index (χ3v) is 6.05. The molecule has 0 fully saturated rings. The molecule has 3 N–H and O–H groups in total. The lowest BCUT2D eigenvalue weighted by molar-refractivity contribution is 0.0953. The summed E-state index contributed by atoms with van der Waals surface area (Å²) in [6.45, 7) is 4.54. The van der Waals surface area contributed by atoms with E-state index in [2.05, 4.69) is 17.6 Å². The zero-order valence-electron chi connectivity index (χ0n) is 18.1. The lowest BCUT2D eigenvalue weighted by atomic mass is 10.1. The van der Waals surface area contributed by atoms with Crippen molar-refractivity contribution in [3.05, 3.63) is 59.7 Å². The molecule has 0 aliphatic rings. The zero-order valence-corrected chi connectivity index (χ0v) is 18.9. The van der Waals surface area contributed by atoms with E-state index < -0.39 is 16.1 Å². The number of benzene rings is 2. The topological polar surface area (TPSA) is 104 Å². The lowest BCUT2D eigenvalue weighted by Crippen LogP contribution is -2.34. The maximum atomic E-state index is 12.4. The Bertz CT molecular complexity index is 990. The van der Waals surface area contributed by atoms with Gasteiger partial charge in [0.25, 0.3) is 15.9 Å². The normalized spacial score (nSPS) is 11.0. The Morgan fingerprint density at radius 1 is 0.903 bits per heavy atom. The van der Waals surface area contributed by atoms with Crippen LogP contribution in [-0.2, 0) is 10.0 Å². The molecule has 0 aliphatic heterocycles. The molecule has 0 aromatic heterocycles. The monoisotopic (exact) mass is 445 g/mol. The van der Waals surface area contributed by atoms with Crippen LogP contribution in [0.5, 0.6) is 0 Å². The molecule has 2 rings (SSSR count). The molecule has 0 saturated heterocycles. The molecule has 0 heterocycles. The average molecular weight is 446 g/mol. The highest BCUT2D eigenvalue weighted by Gasteiger charge is 2.18. The molecule has 8 heteroatoms. The van der Waals surface area contributed by atoms with E-state index in [0.717, 1.165) is 18.4 Å². The SMILES string of the molecule is CCCCCCCCNC(=O)c1cccc(NC(=O)NS(=O)(=O)c2cccc(C)c2)c1. The molecule has 168 valence electrons. The van der Waals surface area contributed by atoms with Crippen molar-refractivity contribution in [2.24, 2.45) is 0 Å². The molecular weight excluding hydrogens is 414 g/mol. The van der Waals surface area contributed by atoms with Crippen LogP contribution < -0.4 is 15.4 Å². The number of carbonyl (C=O) groups is 2. The Labute approximate surface area is 184 Å². The summed E-state index contributed by atoms with van der Waals surface area (Å²) >= 11 is 0. The van der Waals surface area contributed by atoms with Crippen molar-refractivity contribution in [2.75, 3.05) is 11.9 Å². The first-order chi connectivity index (χ1) is 14.8. The number of sulfonamides is 1. The Balaban J connectivity index is 1.87. The van der Waals surface area contributed by atoms with Crippen molar-refractivity contribution in [1.29, 1.82) is 0 Å². The summed E-state index contributed by atoms with van der Waals surface area (Å²) in [4.78, 5) is 24.5. The molecule has 0 unspecified atom stereocenters. The molecule has 2 aromatic carbocycles. The summed E-state index contributed by atoms with van der Waals surface area (Å²) in [5, 5.41) is 5.34. The lowest BCUT2D eigenvalue weighted by Gasteiger charge is -2.10. The first-order valence-corrected chi connectivity index (χ1v) is 12.1. The van der Waals surface area contributed by atoms with Gasteiger partial charge in [-0.15, -0.1) is 0 Å². The van der Waals surface area contributed by atoms with Gasteiger partial charge in [0.15, 0.2) is 0 Å². The van der Waals surface area contributed by atoms with Gasteiger partial charge in [-0.05, 0) is 49.2 Å². The first kappa shape index (κ1) is 24.4. The first-order valence-electron chi connectivity index (χ1n) is 10.6. The standard InChI is InChI=1S/C23H31N3O4S/c1-3-4-5-6-7-8-15-24-22(27)19-12-10-13-20(17-19)25-23(28)26-31(29,30)21-14-9-11-18(2)16-21/h9-14,16-17H,3-8,15H2,1-2H3,(H,24,27)(H2,25,26,28). The fourth-order valence-electron chi connectivity index (χ4n) is 3.07. The van der Waals surface area contributed by atoms with Gasteiger partial charge >= 0.3 is 6.03 Å². The molecule has 0 aliphatic carbocycles. The highest BCUT2D eigenvalue weighted by atomic mass is 32.2. The van der Waals surface area contributed by atoms with E-state index in [1.807, 2.05) is 4.72 Å². The molecule has 0 spiro atoms. The second-order valence-electron chi connectivity index (χ2n) is 7.48. The van der Waals surface area contributed by atoms with Crippen LogP contribution in [-0.4, -0.2) is 26.9 Å². The number of unbranched alkanes of at least 4 members (excludes halogenated alkanes) is 5. The van der Waals surface area contributed by atoms with E-state index in [1.165, 1.54) is 43.9 Å². The number of aryl methyl sites for hydroxylation is 1. The van der Waals surface area contributed by atoms with Crippen molar-refractivity contribution in [3.63, 3.8) is 0 Å². The van der Waals surface area contributed by atoms with Gasteiger partial charge in [-0.2, -0.15) is 0 Å². The third-order valence-electron chi connectivity index (χ3n) is 4.73. The number of hydrogen-bond acceptors (Lipinski definition) is 4. The number of carbonyl (C=O) groups excluding carboxylic acids is 2. The molecule has 0 saturated carbocycles. The number of anilines is 1. The number of hydrogen-bond donors (Lipinski definition) is 3. The average Bonchev–Trinajstić information content (AvgIpc) is 2.72. The minimum Gasteiger partial charge on any atom is -0.352 e. The van der Waals surface area contributed by atoms with Crippen LogP contribution in [0.4, 0.5) is 10.5 Å². The smallest absolute Gasteiger partial charge is 0.333 e. The van der Waals surface area contributed by atoms with Gasteiger partial charge in [0.2, 0.25) is 0 Å². The van der Waals surface area contributed by atoms with Crippen LogP contribution in [0, 0.1) is 6.92 Å². The van der Waals surface area contributed by atoms with E-state index in [9.17, 15) is 18.0 Å². The highest BCUT2D eigenvalue weighted by molar-refractivity contribution is 7.90. The minimum atomic E-state index is -3.99. The fraction of sp³-hybridized carbons (Fsp3) is 0.391. The van der Waals surface area contributed by atoms with Crippen molar-refractivity contribution in [3.8, 4) is 0 Å². The number of urea groups is 1. The van der Waals surface area contributed by atoms with E-state index in [-0.39, 0.29) is 10.8 Å². The zero-order chi connectivity index (χ0) is 22.7. The molecule has 3 amide bonds. The summed E-state index contributed by atoms with van der Waals surface area (Å²) in [5.41, 5.74) is 1.48. The van der Waals surface area contributed by atoms with Crippen LogP contribution >= 0.6 is 0 Å². The van der Waals surface area contributed by atoms with Gasteiger partial charge in [0, 0.05) is 17.8 Å². The van der Waals surface area contributed by atoms with E-state index in [4.69, 9.17) is 0 Å². The van der Waals surface area contributed by atoms with Crippen LogP contribution in [0.15, 0.2) is 53.4 Å². The number of amides is 3. The van der Waals surface area contributed by atoms with Gasteiger partial charge < -0.3 is 10.6 Å². The summed E-state index contributed by atoms with van der Waals surface area (Å²) in [5.74, 6) is -0.231. The molecule has 0 radical (unpaired) electrons. The molecule has 0 atom stereocenters. The molecule has 7 nitrogen and oxygen atoms in total. The maximum Gasteiger partial charge on any atom is 0.333 e. The number of nitrogens with one attached hydrogen (secondary N) is 3. The second-order valence-corrected chi connectivity index (χ2v) is 9.16. The van der Waals surface area contributed by atoms with Crippen LogP contribution in [0.2, 0.25) is 0 Å². The predicted molar refractivity (Wildman–Crippen MR) is 123 cm³/mol. The second kappa shape index (κ2) is 12.1. The van der Waals surface area contributed by atoms with Crippen molar-refractivity contribution >= 4 is 27.6 Å². The summed E-state index contributed by atoms with van der Waals surface area (Å²) in [7, 11) is -3.99. The molecular formula is C23H31N3O4S. The fourth-order valence-corrected chi connectivity index (χ4v) is 4.08. The highest BCUT2D eigenvalue weighted by Crippen LogP contribution is 2.13. The Kier molecular flexibility index (Phi) is 9.52. The van der Waals surface area contributed by atoms with Gasteiger partial charge in [0.05, 0.1) is 4.90 Å². The Morgan fingerprint density at radius 2 is 1.61 bits per heavy atom. The van der Waals surface area contributed by atoms with Crippen LogP contribution in [0.3, 0.4) is 0 Å². The van der Waals surface area contributed by atoms with Crippen LogP contribution in [0.25, 0.3) is 0 Å². The van der Waals surface area contributed by atoms with Gasteiger partial charge in [-0.3, -0.25) is 4.79 Å². The largest absolute Gasteiger partial charge is 0.352 e. The maximum absolute atomic E-state index is 12.4. The Hall–Kier alpha value is -2.87. The van der Waals surface area contributed by atoms with Crippen molar-refractivity contribution in [1.82, 2.24) is 10.0 Å². The summed E-state index contributed by atoms with van der Waals surface area (Å²) in [6.07, 6.45) is 6.84. The van der Waals surface area contributed by atoms with E-state index in [1.54, 1.807) is 37.3 Å². The van der Waals surface area contributed by atoms with Gasteiger partial charge in [0.1, 0.15) is 0 Å². The summed E-state index contributed by atoms with van der Waals surface area (Å²) in [6, 6.07) is 11.7. The quantitative estimate of drug-likeness (QED) is 0.440. The molecule has 31 heavy (non-hydrogen) atoms. The minimum absolute atomic E-state index is 0.00507.